The van der Waals surface area contributed by atoms with E-state index in [-0.39, 0.29) is 11.1 Å². The third-order valence-electron chi connectivity index (χ3n) is 5.12. The second kappa shape index (κ2) is 10.7. The third kappa shape index (κ3) is 5.47. The minimum atomic E-state index is -2.00. The van der Waals surface area contributed by atoms with Crippen LogP contribution in [-0.4, -0.2) is 49.2 Å². The molecule has 4 atom stereocenters. The van der Waals surface area contributed by atoms with E-state index in [1.165, 1.54) is 24.3 Å². The third-order valence-corrected chi connectivity index (χ3v) is 5.12. The van der Waals surface area contributed by atoms with Crippen molar-refractivity contribution in [1.82, 2.24) is 0 Å². The maximum absolute atomic E-state index is 15.3. The smallest absolute Gasteiger partial charge is 0.340 e. The molecule has 0 N–H and O–H groups in total. The molecule has 0 aromatic heterocycles. The van der Waals surface area contributed by atoms with Crippen LogP contribution >= 0.6 is 0 Å². The van der Waals surface area contributed by atoms with E-state index < -0.39 is 49.2 Å². The molecule has 174 valence electrons. The maximum Gasteiger partial charge on any atom is 0.340 e. The Kier molecular flexibility index (Phi) is 7.29. The molecule has 1 saturated heterocycles. The zero-order valence-corrected chi connectivity index (χ0v) is 17.9. The minimum Gasteiger partial charge on any atom is -0.459 e. The van der Waals surface area contributed by atoms with Crippen LogP contribution in [0.25, 0.3) is 0 Å². The molecule has 1 aliphatic heterocycles. The van der Waals surface area contributed by atoms with Crippen LogP contribution in [0, 0.1) is 0 Å². The van der Waals surface area contributed by atoms with Gasteiger partial charge in [-0.2, -0.15) is 0 Å². The van der Waals surface area contributed by atoms with Crippen LogP contribution in [0.5, 0.6) is 0 Å². The molecule has 34 heavy (non-hydrogen) atoms. The molecule has 3 aromatic rings. The summed E-state index contributed by atoms with van der Waals surface area (Å²) in [6.07, 6.45) is -6.31. The number of carbonyl (C=O) groups excluding carboxylic acids is 3. The van der Waals surface area contributed by atoms with Gasteiger partial charge in [0.15, 0.2) is 6.10 Å². The van der Waals surface area contributed by atoms with Gasteiger partial charge in [0.05, 0.1) is 16.7 Å². The summed E-state index contributed by atoms with van der Waals surface area (Å²) in [5.74, 6) is -2.24. The highest BCUT2D eigenvalue weighted by Crippen LogP contribution is 2.29. The van der Waals surface area contributed by atoms with Gasteiger partial charge in [0, 0.05) is 0 Å². The molecule has 0 spiro atoms. The van der Waals surface area contributed by atoms with Gasteiger partial charge in [-0.05, 0) is 36.4 Å². The lowest BCUT2D eigenvalue weighted by Crippen LogP contribution is -2.37. The quantitative estimate of drug-likeness (QED) is 0.386. The molecule has 0 unspecified atom stereocenters. The van der Waals surface area contributed by atoms with Gasteiger partial charge in [0.1, 0.15) is 12.7 Å². The fourth-order valence-electron chi connectivity index (χ4n) is 3.38. The molecule has 3 aromatic carbocycles. The number of hydrogen-bond donors (Lipinski definition) is 0. The number of ether oxygens (including phenoxy) is 4. The highest BCUT2D eigenvalue weighted by atomic mass is 19.1. The first-order chi connectivity index (χ1) is 16.5. The van der Waals surface area contributed by atoms with E-state index >= 15 is 4.39 Å². The van der Waals surface area contributed by atoms with E-state index in [1.54, 1.807) is 66.7 Å². The Morgan fingerprint density at radius 1 is 0.676 bits per heavy atom. The molecule has 7 nitrogen and oxygen atoms in total. The first kappa shape index (κ1) is 23.1. The van der Waals surface area contributed by atoms with Crippen molar-refractivity contribution < 1.29 is 37.7 Å². The normalized spacial score (nSPS) is 21.4. The number of halogens is 1. The molecule has 0 bridgehead atoms. The predicted octanol–water partition coefficient (Wildman–Crippen LogP) is 3.99. The number of alkyl halides is 1. The van der Waals surface area contributed by atoms with Gasteiger partial charge in [0.2, 0.25) is 12.5 Å². The number of carbonyl (C=O) groups is 3. The van der Waals surface area contributed by atoms with Crippen LogP contribution in [-0.2, 0) is 18.9 Å². The molecule has 1 aliphatic rings. The van der Waals surface area contributed by atoms with E-state index in [2.05, 4.69) is 0 Å². The predicted molar refractivity (Wildman–Crippen MR) is 118 cm³/mol. The summed E-state index contributed by atoms with van der Waals surface area (Å²) in [5.41, 5.74) is 0.705. The maximum atomic E-state index is 15.3. The van der Waals surface area contributed by atoms with Crippen LogP contribution in [0.15, 0.2) is 91.0 Å². The topological polar surface area (TPSA) is 88.1 Å². The van der Waals surface area contributed by atoms with Crippen LogP contribution in [0.2, 0.25) is 0 Å². The second-order valence-corrected chi connectivity index (χ2v) is 7.46. The van der Waals surface area contributed by atoms with E-state index in [9.17, 15) is 14.4 Å². The van der Waals surface area contributed by atoms with Gasteiger partial charge in [-0.3, -0.25) is 0 Å². The summed E-state index contributed by atoms with van der Waals surface area (Å²) in [5, 5.41) is 0. The Hall–Kier alpha value is -4.04. The Balaban J connectivity index is 1.47. The van der Waals surface area contributed by atoms with Crippen LogP contribution in [0.1, 0.15) is 31.1 Å². The number of esters is 3. The summed E-state index contributed by atoms with van der Waals surface area (Å²) in [4.78, 5) is 37.2. The van der Waals surface area contributed by atoms with Crippen molar-refractivity contribution >= 4 is 17.9 Å². The fraction of sp³-hybridized carbons (Fsp3) is 0.192. The lowest BCUT2D eigenvalue weighted by Gasteiger charge is -2.19. The lowest BCUT2D eigenvalue weighted by molar-refractivity contribution is -0.129. The zero-order chi connectivity index (χ0) is 23.9. The van der Waals surface area contributed by atoms with Crippen molar-refractivity contribution in [3.63, 3.8) is 0 Å². The summed E-state index contributed by atoms with van der Waals surface area (Å²) >= 11 is 0. The van der Waals surface area contributed by atoms with Gasteiger partial charge < -0.3 is 18.9 Å². The average molecular weight is 464 g/mol. The molecular weight excluding hydrogens is 443 g/mol. The Morgan fingerprint density at radius 3 is 1.62 bits per heavy atom. The highest BCUT2D eigenvalue weighted by molar-refractivity contribution is 5.90. The van der Waals surface area contributed by atoms with Gasteiger partial charge in [-0.1, -0.05) is 54.6 Å². The highest BCUT2D eigenvalue weighted by Gasteiger charge is 2.50. The van der Waals surface area contributed by atoms with E-state index in [0.717, 1.165) is 0 Å². The molecule has 1 fully saturated rings. The molecule has 0 radical (unpaired) electrons. The van der Waals surface area contributed by atoms with Crippen molar-refractivity contribution in [3.05, 3.63) is 108 Å². The second-order valence-electron chi connectivity index (χ2n) is 7.46. The van der Waals surface area contributed by atoms with E-state index in [4.69, 9.17) is 18.9 Å². The summed E-state index contributed by atoms with van der Waals surface area (Å²) in [6.45, 7) is -0.416. The van der Waals surface area contributed by atoms with Crippen molar-refractivity contribution in [2.45, 2.75) is 24.7 Å². The molecule has 0 amide bonds. The summed E-state index contributed by atoms with van der Waals surface area (Å²) < 4.78 is 36.6. The van der Waals surface area contributed by atoms with Crippen molar-refractivity contribution in [3.8, 4) is 0 Å². The Morgan fingerprint density at radius 2 is 1.12 bits per heavy atom. The van der Waals surface area contributed by atoms with Gasteiger partial charge >= 0.3 is 17.9 Å². The molecule has 0 saturated carbocycles. The average Bonchev–Trinajstić information content (AvgIpc) is 3.17. The standard InChI is InChI=1S/C26H21FO7/c27-21-22(33-24(29)18-12-6-2-7-13-18)20(16-31-23(28)17-10-4-1-5-11-17)32-26(21)34-25(30)19-14-8-3-9-15-19/h1-15,20-22,26H,16H2/t20-,21-,22+,26+/m1/s1. The minimum absolute atomic E-state index is 0.204. The van der Waals surface area contributed by atoms with Crippen LogP contribution in [0.3, 0.4) is 0 Å². The van der Waals surface area contributed by atoms with Crippen molar-refractivity contribution in [1.29, 1.82) is 0 Å². The largest absolute Gasteiger partial charge is 0.459 e. The van der Waals surface area contributed by atoms with Gasteiger partial charge in [0.25, 0.3) is 0 Å². The molecular formula is C26H21FO7. The van der Waals surface area contributed by atoms with E-state index in [0.29, 0.717) is 5.56 Å². The van der Waals surface area contributed by atoms with Crippen molar-refractivity contribution in [2.24, 2.45) is 0 Å². The van der Waals surface area contributed by atoms with Crippen LogP contribution in [0.4, 0.5) is 4.39 Å². The number of rotatable bonds is 7. The number of benzene rings is 3. The molecule has 4 rings (SSSR count). The monoisotopic (exact) mass is 464 g/mol. The van der Waals surface area contributed by atoms with E-state index in [1.807, 2.05) is 0 Å². The Bertz CT molecular complexity index is 1120. The first-order valence-electron chi connectivity index (χ1n) is 10.6. The zero-order valence-electron chi connectivity index (χ0n) is 17.9. The van der Waals surface area contributed by atoms with Crippen LogP contribution < -0.4 is 0 Å². The summed E-state index contributed by atoms with van der Waals surface area (Å²) in [6, 6.07) is 24.2. The summed E-state index contributed by atoms with van der Waals surface area (Å²) in [7, 11) is 0. The molecule has 0 aliphatic carbocycles. The van der Waals surface area contributed by atoms with Crippen molar-refractivity contribution in [2.75, 3.05) is 6.61 Å². The van der Waals surface area contributed by atoms with Gasteiger partial charge in [-0.25, -0.2) is 18.8 Å². The SMILES string of the molecule is O=C(OC[C@H]1O[C@@H](OC(=O)c2ccccc2)[C@H](F)[C@H]1OC(=O)c1ccccc1)c1ccccc1. The number of hydrogen-bond acceptors (Lipinski definition) is 7. The fourth-order valence-corrected chi connectivity index (χ4v) is 3.38. The lowest BCUT2D eigenvalue weighted by atomic mass is 10.1. The van der Waals surface area contributed by atoms with Gasteiger partial charge in [-0.15, -0.1) is 0 Å². The first-order valence-corrected chi connectivity index (χ1v) is 10.6. The molecule has 1 heterocycles. The Labute approximate surface area is 195 Å². The molecule has 8 heteroatoms.